The number of carbonyl (C=O) groups is 1. The van der Waals surface area contributed by atoms with Crippen LogP contribution in [0, 0.1) is 5.92 Å². The zero-order chi connectivity index (χ0) is 11.0. The van der Waals surface area contributed by atoms with Gasteiger partial charge < -0.3 is 0 Å². The average molecular weight is 234 g/mol. The molecule has 0 amide bonds. The zero-order valence-electron chi connectivity index (χ0n) is 9.58. The lowest BCUT2D eigenvalue weighted by molar-refractivity contribution is -0.124. The molecule has 0 saturated heterocycles. The van der Waals surface area contributed by atoms with E-state index in [4.69, 9.17) is 0 Å². The molecule has 1 aromatic heterocycles. The summed E-state index contributed by atoms with van der Waals surface area (Å²) in [5, 5.41) is 2.16. The largest absolute Gasteiger partial charge is 0.299 e. The molecule has 0 aromatic carbocycles. The van der Waals surface area contributed by atoms with Crippen LogP contribution in [0.1, 0.15) is 54.9 Å². The van der Waals surface area contributed by atoms with Gasteiger partial charge in [0.15, 0.2) is 0 Å². The van der Waals surface area contributed by atoms with Crippen LogP contribution in [0.4, 0.5) is 0 Å². The van der Waals surface area contributed by atoms with Crippen LogP contribution in [0.15, 0.2) is 11.4 Å². The molecule has 0 N–H and O–H groups in total. The highest BCUT2D eigenvalue weighted by Crippen LogP contribution is 2.39. The molecule has 1 unspecified atom stereocenters. The summed E-state index contributed by atoms with van der Waals surface area (Å²) in [6.07, 6.45) is 8.32. The van der Waals surface area contributed by atoms with Crippen molar-refractivity contribution in [2.75, 3.05) is 0 Å². The highest BCUT2D eigenvalue weighted by Gasteiger charge is 2.33. The van der Waals surface area contributed by atoms with Crippen LogP contribution in [0.3, 0.4) is 0 Å². The van der Waals surface area contributed by atoms with Gasteiger partial charge in [0.1, 0.15) is 5.78 Å². The smallest absolute Gasteiger partial charge is 0.143 e. The van der Waals surface area contributed by atoms with Crippen molar-refractivity contribution in [3.05, 3.63) is 21.9 Å². The molecule has 1 heterocycles. The summed E-state index contributed by atoms with van der Waals surface area (Å²) in [5.41, 5.74) is 1.37. The van der Waals surface area contributed by atoms with Gasteiger partial charge in [-0.1, -0.05) is 12.8 Å². The number of fused-ring (bicyclic) bond motifs is 1. The predicted molar refractivity (Wildman–Crippen MR) is 67.0 cm³/mol. The monoisotopic (exact) mass is 234 g/mol. The molecule has 0 bridgehead atoms. The molecule has 0 aliphatic heterocycles. The number of ketones is 1. The zero-order valence-corrected chi connectivity index (χ0v) is 10.4. The van der Waals surface area contributed by atoms with Gasteiger partial charge in [-0.15, -0.1) is 11.3 Å². The maximum absolute atomic E-state index is 12.5. The van der Waals surface area contributed by atoms with Crippen molar-refractivity contribution >= 4 is 17.1 Å². The second-order valence-corrected chi connectivity index (χ2v) is 6.13. The molecule has 86 valence electrons. The minimum absolute atomic E-state index is 0.248. The van der Waals surface area contributed by atoms with E-state index in [0.717, 1.165) is 19.3 Å². The molecule has 0 spiro atoms. The first-order valence-electron chi connectivity index (χ1n) is 6.46. The SMILES string of the molecule is O=C(C1CCCC1)C1CCCc2sccc21. The van der Waals surface area contributed by atoms with Crippen molar-refractivity contribution < 1.29 is 4.79 Å². The van der Waals surface area contributed by atoms with Crippen molar-refractivity contribution in [1.82, 2.24) is 0 Å². The third kappa shape index (κ3) is 1.73. The fraction of sp³-hybridized carbons (Fsp3) is 0.643. The standard InChI is InChI=1S/C14H18OS/c15-14(10-4-1-2-5-10)12-6-3-7-13-11(12)8-9-16-13/h8-10,12H,1-7H2. The predicted octanol–water partition coefficient (Wildman–Crippen LogP) is 3.93. The van der Waals surface area contributed by atoms with Gasteiger partial charge in [0, 0.05) is 16.7 Å². The highest BCUT2D eigenvalue weighted by molar-refractivity contribution is 7.10. The Morgan fingerprint density at radius 3 is 2.81 bits per heavy atom. The van der Waals surface area contributed by atoms with Gasteiger partial charge in [-0.2, -0.15) is 0 Å². The fourth-order valence-corrected chi connectivity index (χ4v) is 4.26. The van der Waals surface area contributed by atoms with E-state index in [1.165, 1.54) is 36.1 Å². The van der Waals surface area contributed by atoms with Gasteiger partial charge in [0.25, 0.3) is 0 Å². The molecule has 0 radical (unpaired) electrons. The van der Waals surface area contributed by atoms with Gasteiger partial charge in [-0.3, -0.25) is 4.79 Å². The Kier molecular flexibility index (Phi) is 2.84. The third-order valence-electron chi connectivity index (χ3n) is 4.15. The number of aryl methyl sites for hydroxylation is 1. The topological polar surface area (TPSA) is 17.1 Å². The van der Waals surface area contributed by atoms with Gasteiger partial charge >= 0.3 is 0 Å². The summed E-state index contributed by atoms with van der Waals surface area (Å²) in [6, 6.07) is 2.19. The van der Waals surface area contributed by atoms with E-state index in [2.05, 4.69) is 11.4 Å². The van der Waals surface area contributed by atoms with E-state index in [1.807, 2.05) is 11.3 Å². The maximum atomic E-state index is 12.5. The lowest BCUT2D eigenvalue weighted by atomic mass is 9.80. The van der Waals surface area contributed by atoms with Gasteiger partial charge in [0.2, 0.25) is 0 Å². The minimum Gasteiger partial charge on any atom is -0.299 e. The molecule has 2 aliphatic carbocycles. The number of thiophene rings is 1. The molecular formula is C14H18OS. The molecule has 1 saturated carbocycles. The summed E-state index contributed by atoms with van der Waals surface area (Å²) >= 11 is 1.84. The van der Waals surface area contributed by atoms with Crippen LogP contribution in [0.5, 0.6) is 0 Å². The first-order valence-corrected chi connectivity index (χ1v) is 7.34. The Labute approximate surface area is 101 Å². The van der Waals surface area contributed by atoms with E-state index < -0.39 is 0 Å². The highest BCUT2D eigenvalue weighted by atomic mass is 32.1. The van der Waals surface area contributed by atoms with E-state index in [-0.39, 0.29) is 5.92 Å². The maximum Gasteiger partial charge on any atom is 0.143 e. The van der Waals surface area contributed by atoms with Crippen molar-refractivity contribution in [2.24, 2.45) is 5.92 Å². The molecule has 2 aliphatic rings. The van der Waals surface area contributed by atoms with Crippen molar-refractivity contribution in [1.29, 1.82) is 0 Å². The lowest BCUT2D eigenvalue weighted by Crippen LogP contribution is -2.22. The number of carbonyl (C=O) groups excluding carboxylic acids is 1. The van der Waals surface area contributed by atoms with E-state index in [1.54, 1.807) is 0 Å². The van der Waals surface area contributed by atoms with Crippen LogP contribution in [0.2, 0.25) is 0 Å². The molecule has 3 rings (SSSR count). The number of rotatable bonds is 2. The molecular weight excluding hydrogens is 216 g/mol. The average Bonchev–Trinajstić information content (AvgIpc) is 2.98. The molecule has 2 heteroatoms. The Morgan fingerprint density at radius 1 is 1.19 bits per heavy atom. The summed E-state index contributed by atoms with van der Waals surface area (Å²) < 4.78 is 0. The van der Waals surface area contributed by atoms with Crippen LogP contribution >= 0.6 is 11.3 Å². The van der Waals surface area contributed by atoms with E-state index in [0.29, 0.717) is 11.7 Å². The Hall–Kier alpha value is -0.630. The Morgan fingerprint density at radius 2 is 2.00 bits per heavy atom. The second kappa shape index (κ2) is 4.33. The fourth-order valence-electron chi connectivity index (χ4n) is 3.28. The molecule has 16 heavy (non-hydrogen) atoms. The summed E-state index contributed by atoms with van der Waals surface area (Å²) in [5.74, 6) is 1.19. The second-order valence-electron chi connectivity index (χ2n) is 5.13. The molecule has 1 atom stereocenters. The number of Topliss-reactive ketones (excluding diaryl/α,β-unsaturated/α-hetero) is 1. The van der Waals surface area contributed by atoms with Crippen molar-refractivity contribution in [2.45, 2.75) is 50.9 Å². The first-order chi connectivity index (χ1) is 7.86. The van der Waals surface area contributed by atoms with Gasteiger partial charge in [0.05, 0.1) is 0 Å². The normalized spacial score (nSPS) is 25.6. The van der Waals surface area contributed by atoms with Gasteiger partial charge in [-0.05, 0) is 49.1 Å². The van der Waals surface area contributed by atoms with Crippen LogP contribution in [0.25, 0.3) is 0 Å². The van der Waals surface area contributed by atoms with Crippen LogP contribution < -0.4 is 0 Å². The van der Waals surface area contributed by atoms with E-state index >= 15 is 0 Å². The number of hydrogen-bond donors (Lipinski definition) is 0. The van der Waals surface area contributed by atoms with Crippen LogP contribution in [-0.2, 0) is 11.2 Å². The van der Waals surface area contributed by atoms with Crippen molar-refractivity contribution in [3.8, 4) is 0 Å². The third-order valence-corrected chi connectivity index (χ3v) is 5.15. The summed E-state index contributed by atoms with van der Waals surface area (Å²) in [7, 11) is 0. The summed E-state index contributed by atoms with van der Waals surface area (Å²) in [4.78, 5) is 13.9. The Balaban J connectivity index is 1.83. The summed E-state index contributed by atoms with van der Waals surface area (Å²) in [6.45, 7) is 0. The van der Waals surface area contributed by atoms with Crippen LogP contribution in [-0.4, -0.2) is 5.78 Å². The Bertz CT molecular complexity index is 387. The lowest BCUT2D eigenvalue weighted by Gasteiger charge is -2.23. The minimum atomic E-state index is 0.248. The first kappa shape index (κ1) is 10.5. The number of hydrogen-bond acceptors (Lipinski definition) is 2. The molecule has 1 aromatic rings. The molecule has 1 nitrogen and oxygen atoms in total. The van der Waals surface area contributed by atoms with Crippen molar-refractivity contribution in [3.63, 3.8) is 0 Å². The van der Waals surface area contributed by atoms with E-state index in [9.17, 15) is 4.79 Å². The molecule has 1 fully saturated rings. The quantitative estimate of drug-likeness (QED) is 0.758. The van der Waals surface area contributed by atoms with Gasteiger partial charge in [-0.25, -0.2) is 0 Å².